The van der Waals surface area contributed by atoms with Gasteiger partial charge in [0, 0.05) is 16.6 Å². The van der Waals surface area contributed by atoms with Gasteiger partial charge in [0.05, 0.1) is 4.91 Å². The Morgan fingerprint density at radius 3 is 2.70 bits per heavy atom. The highest BCUT2D eigenvalue weighted by molar-refractivity contribution is 9.10. The average molecular weight is 460 g/mol. The molecule has 138 valence electrons. The molecule has 0 atom stereocenters. The van der Waals surface area contributed by atoms with E-state index >= 15 is 0 Å². The highest BCUT2D eigenvalue weighted by Crippen LogP contribution is 2.35. The predicted molar refractivity (Wildman–Crippen MR) is 120 cm³/mol. The Morgan fingerprint density at radius 2 is 2.00 bits per heavy atom. The molecule has 0 saturated carbocycles. The second kappa shape index (κ2) is 8.87. The number of ether oxygens (including phenoxy) is 1. The van der Waals surface area contributed by atoms with Gasteiger partial charge in [0.1, 0.15) is 16.7 Å². The van der Waals surface area contributed by atoms with Crippen LogP contribution in [0.4, 0.5) is 0 Å². The van der Waals surface area contributed by atoms with Crippen LogP contribution in [0.5, 0.6) is 5.75 Å². The molecule has 27 heavy (non-hydrogen) atoms. The summed E-state index contributed by atoms with van der Waals surface area (Å²) in [5.74, 6) is 0.613. The van der Waals surface area contributed by atoms with Crippen molar-refractivity contribution in [2.24, 2.45) is 0 Å². The molecular weight excluding hydrogens is 442 g/mol. The molecule has 1 saturated heterocycles. The maximum absolute atomic E-state index is 12.6. The molecule has 0 aromatic heterocycles. The number of thioether (sulfide) groups is 1. The first-order chi connectivity index (χ1) is 13.0. The maximum atomic E-state index is 12.6. The van der Waals surface area contributed by atoms with Crippen LogP contribution in [-0.2, 0) is 11.4 Å². The van der Waals surface area contributed by atoms with Crippen LogP contribution in [0, 0.1) is 6.92 Å². The molecular formula is C21H18BrNO2S2. The summed E-state index contributed by atoms with van der Waals surface area (Å²) in [5, 5.41) is 0. The minimum atomic E-state index is -0.102. The van der Waals surface area contributed by atoms with Gasteiger partial charge in [0.15, 0.2) is 0 Å². The maximum Gasteiger partial charge on any atom is 0.266 e. The minimum absolute atomic E-state index is 0.102. The number of hydrogen-bond donors (Lipinski definition) is 0. The van der Waals surface area contributed by atoms with Gasteiger partial charge in [-0.1, -0.05) is 75.8 Å². The number of halogens is 1. The molecule has 0 radical (unpaired) electrons. The number of nitrogens with zero attached hydrogens (tertiary/aromatic N) is 1. The zero-order valence-corrected chi connectivity index (χ0v) is 18.0. The number of carbonyl (C=O) groups is 1. The summed E-state index contributed by atoms with van der Waals surface area (Å²) in [6.45, 7) is 6.61. The van der Waals surface area contributed by atoms with Crippen molar-refractivity contribution in [3.8, 4) is 5.75 Å². The summed E-state index contributed by atoms with van der Waals surface area (Å²) < 4.78 is 7.48. The first-order valence-electron chi connectivity index (χ1n) is 8.32. The van der Waals surface area contributed by atoms with Gasteiger partial charge in [0.2, 0.25) is 0 Å². The zero-order valence-electron chi connectivity index (χ0n) is 14.8. The van der Waals surface area contributed by atoms with E-state index in [0.717, 1.165) is 15.6 Å². The summed E-state index contributed by atoms with van der Waals surface area (Å²) in [4.78, 5) is 14.7. The first kappa shape index (κ1) is 19.9. The van der Waals surface area contributed by atoms with Crippen molar-refractivity contribution in [1.29, 1.82) is 0 Å². The Labute approximate surface area is 177 Å². The summed E-state index contributed by atoms with van der Waals surface area (Å²) >= 11 is 10.1. The third kappa shape index (κ3) is 4.89. The van der Waals surface area contributed by atoms with Crippen molar-refractivity contribution < 1.29 is 9.53 Å². The molecule has 1 amide bonds. The summed E-state index contributed by atoms with van der Waals surface area (Å²) in [6, 6.07) is 14.0. The second-order valence-electron chi connectivity index (χ2n) is 6.04. The van der Waals surface area contributed by atoms with E-state index in [0.29, 0.717) is 28.1 Å². The smallest absolute Gasteiger partial charge is 0.266 e. The monoisotopic (exact) mass is 459 g/mol. The molecule has 0 spiro atoms. The fraction of sp³-hybridized carbons (Fsp3) is 0.143. The summed E-state index contributed by atoms with van der Waals surface area (Å²) in [5.41, 5.74) is 3.13. The SMILES string of the molecule is C=CCN1C(=O)/C(=C\c2cc(Br)ccc2OCc2ccc(C)cc2)SC1=S. The Balaban J connectivity index is 1.84. The summed E-state index contributed by atoms with van der Waals surface area (Å²) in [6.07, 6.45) is 3.50. The Hall–Kier alpha value is -1.89. The van der Waals surface area contributed by atoms with E-state index in [1.165, 1.54) is 17.3 Å². The third-order valence-electron chi connectivity index (χ3n) is 3.96. The van der Waals surface area contributed by atoms with Crippen LogP contribution in [0.15, 0.2) is 64.5 Å². The number of thiocarbonyl (C=S) groups is 1. The molecule has 0 aliphatic carbocycles. The lowest BCUT2D eigenvalue weighted by atomic mass is 10.1. The largest absolute Gasteiger partial charge is 0.488 e. The molecule has 2 aromatic rings. The second-order valence-corrected chi connectivity index (χ2v) is 8.63. The first-order valence-corrected chi connectivity index (χ1v) is 10.3. The molecule has 6 heteroatoms. The lowest BCUT2D eigenvalue weighted by molar-refractivity contribution is -0.121. The van der Waals surface area contributed by atoms with Crippen LogP contribution in [0.1, 0.15) is 16.7 Å². The number of rotatable bonds is 6. The van der Waals surface area contributed by atoms with E-state index in [2.05, 4.69) is 41.6 Å². The third-order valence-corrected chi connectivity index (χ3v) is 5.83. The van der Waals surface area contributed by atoms with Gasteiger partial charge >= 0.3 is 0 Å². The van der Waals surface area contributed by atoms with E-state index in [4.69, 9.17) is 17.0 Å². The Kier molecular flexibility index (Phi) is 6.52. The molecule has 0 N–H and O–H groups in total. The van der Waals surface area contributed by atoms with E-state index in [1.807, 2.05) is 36.4 Å². The normalized spacial score (nSPS) is 15.5. The van der Waals surface area contributed by atoms with E-state index in [-0.39, 0.29) is 5.91 Å². The van der Waals surface area contributed by atoms with Crippen molar-refractivity contribution >= 4 is 56.2 Å². The van der Waals surface area contributed by atoms with Crippen molar-refractivity contribution in [1.82, 2.24) is 4.90 Å². The van der Waals surface area contributed by atoms with Gasteiger partial charge in [-0.05, 0) is 36.8 Å². The van der Waals surface area contributed by atoms with Gasteiger partial charge < -0.3 is 4.74 Å². The van der Waals surface area contributed by atoms with Crippen LogP contribution in [0.25, 0.3) is 6.08 Å². The highest BCUT2D eigenvalue weighted by Gasteiger charge is 2.31. The van der Waals surface area contributed by atoms with Gasteiger partial charge in [-0.2, -0.15) is 0 Å². The average Bonchev–Trinajstić information content (AvgIpc) is 2.90. The minimum Gasteiger partial charge on any atom is -0.488 e. The van der Waals surface area contributed by atoms with Crippen LogP contribution in [-0.4, -0.2) is 21.7 Å². The zero-order chi connectivity index (χ0) is 19.4. The van der Waals surface area contributed by atoms with Crippen LogP contribution >= 0.6 is 39.9 Å². The van der Waals surface area contributed by atoms with Crippen LogP contribution in [0.3, 0.4) is 0 Å². The number of aryl methyl sites for hydroxylation is 1. The molecule has 2 aromatic carbocycles. The number of amides is 1. The van der Waals surface area contributed by atoms with Gasteiger partial charge in [-0.3, -0.25) is 9.69 Å². The molecule has 1 aliphatic heterocycles. The lowest BCUT2D eigenvalue weighted by Crippen LogP contribution is -2.27. The number of carbonyl (C=O) groups excluding carboxylic acids is 1. The van der Waals surface area contributed by atoms with Gasteiger partial charge in [0.25, 0.3) is 5.91 Å². The Bertz CT molecular complexity index is 922. The molecule has 1 fully saturated rings. The molecule has 1 aliphatic rings. The van der Waals surface area contributed by atoms with Crippen molar-refractivity contribution in [3.63, 3.8) is 0 Å². The molecule has 1 heterocycles. The fourth-order valence-corrected chi connectivity index (χ4v) is 4.18. The van der Waals surface area contributed by atoms with E-state index in [1.54, 1.807) is 11.0 Å². The Morgan fingerprint density at radius 1 is 1.26 bits per heavy atom. The topological polar surface area (TPSA) is 29.5 Å². The van der Waals surface area contributed by atoms with Crippen molar-refractivity contribution in [3.05, 3.63) is 81.2 Å². The van der Waals surface area contributed by atoms with E-state index in [9.17, 15) is 4.79 Å². The number of benzene rings is 2. The molecule has 0 unspecified atom stereocenters. The van der Waals surface area contributed by atoms with Crippen LogP contribution < -0.4 is 4.74 Å². The van der Waals surface area contributed by atoms with E-state index < -0.39 is 0 Å². The van der Waals surface area contributed by atoms with Crippen molar-refractivity contribution in [2.75, 3.05) is 6.54 Å². The quantitative estimate of drug-likeness (QED) is 0.313. The predicted octanol–water partition coefficient (Wildman–Crippen LogP) is 5.72. The number of hydrogen-bond acceptors (Lipinski definition) is 4. The van der Waals surface area contributed by atoms with Gasteiger partial charge in [-0.15, -0.1) is 6.58 Å². The van der Waals surface area contributed by atoms with Gasteiger partial charge in [-0.25, -0.2) is 0 Å². The lowest BCUT2D eigenvalue weighted by Gasteiger charge is -2.11. The fourth-order valence-electron chi connectivity index (χ4n) is 2.54. The van der Waals surface area contributed by atoms with Crippen LogP contribution in [0.2, 0.25) is 0 Å². The standard InChI is InChI=1S/C21H18BrNO2S2/c1-3-10-23-20(24)19(27-21(23)26)12-16-11-17(22)8-9-18(16)25-13-15-6-4-14(2)5-7-15/h3-9,11-12H,1,10,13H2,2H3/b19-12+. The molecule has 3 rings (SSSR count). The van der Waals surface area contributed by atoms with Crippen molar-refractivity contribution in [2.45, 2.75) is 13.5 Å². The molecule has 0 bridgehead atoms. The highest BCUT2D eigenvalue weighted by atomic mass is 79.9. The molecule has 3 nitrogen and oxygen atoms in total. The summed E-state index contributed by atoms with van der Waals surface area (Å²) in [7, 11) is 0.